The lowest BCUT2D eigenvalue weighted by Gasteiger charge is -2.16. The van der Waals surface area contributed by atoms with Crippen LogP contribution in [0.2, 0.25) is 0 Å². The molecule has 0 aliphatic rings. The summed E-state index contributed by atoms with van der Waals surface area (Å²) in [5, 5.41) is 25.4. The third-order valence-electron chi connectivity index (χ3n) is 5.42. The van der Waals surface area contributed by atoms with Gasteiger partial charge in [0.25, 0.3) is 0 Å². The topological polar surface area (TPSA) is 160 Å². The number of nitrogens with one attached hydrogen (secondary N) is 2. The molecule has 192 valence electrons. The van der Waals surface area contributed by atoms with Crippen molar-refractivity contribution in [2.75, 3.05) is 18.4 Å². The lowest BCUT2D eigenvalue weighted by molar-refractivity contribution is 0.403. The first-order valence-electron chi connectivity index (χ1n) is 11.8. The molecule has 2 aromatic carbocycles. The maximum absolute atomic E-state index is 13.4. The summed E-state index contributed by atoms with van der Waals surface area (Å²) < 4.78 is 2.38. The van der Waals surface area contributed by atoms with Gasteiger partial charge in [0.15, 0.2) is 17.5 Å². The van der Waals surface area contributed by atoms with Crippen LogP contribution >= 0.6 is 0 Å². The van der Waals surface area contributed by atoms with Gasteiger partial charge in [0, 0.05) is 12.6 Å². The number of aromatic nitrogens is 3. The van der Waals surface area contributed by atoms with Gasteiger partial charge in [0.1, 0.15) is 0 Å². The van der Waals surface area contributed by atoms with Crippen molar-refractivity contribution in [2.24, 2.45) is 10.7 Å². The maximum atomic E-state index is 13.4. The highest BCUT2D eigenvalue weighted by molar-refractivity contribution is 5.78. The summed E-state index contributed by atoms with van der Waals surface area (Å²) in [6.45, 7) is 6.65. The zero-order chi connectivity index (χ0) is 26.2. The molecule has 11 nitrogen and oxygen atoms in total. The van der Waals surface area contributed by atoms with Gasteiger partial charge >= 0.3 is 11.4 Å². The lowest BCUT2D eigenvalue weighted by Crippen LogP contribution is -2.43. The van der Waals surface area contributed by atoms with Crippen molar-refractivity contribution in [1.82, 2.24) is 19.4 Å². The summed E-state index contributed by atoms with van der Waals surface area (Å²) >= 11 is 0. The van der Waals surface area contributed by atoms with Crippen molar-refractivity contribution in [1.29, 1.82) is 0 Å². The van der Waals surface area contributed by atoms with E-state index >= 15 is 0 Å². The molecule has 0 spiro atoms. The Morgan fingerprint density at radius 1 is 1.00 bits per heavy atom. The van der Waals surface area contributed by atoms with Gasteiger partial charge < -0.3 is 26.6 Å². The Bertz CT molecular complexity index is 1330. The number of rotatable bonds is 10. The van der Waals surface area contributed by atoms with E-state index in [2.05, 4.69) is 27.5 Å². The third-order valence-corrected chi connectivity index (χ3v) is 5.42. The Morgan fingerprint density at radius 2 is 1.64 bits per heavy atom. The normalized spacial score (nSPS) is 11.6. The number of aromatic hydroxyl groups is 2. The number of hydrogen-bond acceptors (Lipinski definition) is 7. The molecule has 0 atom stereocenters. The van der Waals surface area contributed by atoms with Crippen LogP contribution in [-0.4, -0.2) is 49.4 Å². The van der Waals surface area contributed by atoms with Gasteiger partial charge in [-0.3, -0.25) is 9.56 Å². The summed E-state index contributed by atoms with van der Waals surface area (Å²) in [5.74, 6) is -0.195. The Morgan fingerprint density at radius 3 is 2.28 bits per heavy atom. The number of phenolic OH excluding ortho intramolecular Hbond substituents is 2. The summed E-state index contributed by atoms with van der Waals surface area (Å²) in [5.41, 5.74) is 7.03. The lowest BCUT2D eigenvalue weighted by atomic mass is 10.1. The van der Waals surface area contributed by atoms with E-state index in [-0.39, 0.29) is 36.6 Å². The number of benzene rings is 2. The second-order valence-electron chi connectivity index (χ2n) is 8.66. The van der Waals surface area contributed by atoms with Crippen molar-refractivity contribution in [3.63, 3.8) is 0 Å². The minimum Gasteiger partial charge on any atom is -0.504 e. The number of nitrogens with two attached hydrogens (primary N) is 1. The number of phenols is 2. The molecular weight excluding hydrogens is 462 g/mol. The molecule has 0 saturated heterocycles. The fourth-order valence-corrected chi connectivity index (χ4v) is 3.54. The van der Waals surface area contributed by atoms with E-state index in [9.17, 15) is 19.8 Å². The fourth-order valence-electron chi connectivity index (χ4n) is 3.54. The van der Waals surface area contributed by atoms with Crippen LogP contribution in [-0.2, 0) is 19.5 Å². The first-order valence-corrected chi connectivity index (χ1v) is 11.8. The van der Waals surface area contributed by atoms with Gasteiger partial charge in [0.05, 0.1) is 19.6 Å². The molecule has 0 unspecified atom stereocenters. The molecule has 0 radical (unpaired) electrons. The first kappa shape index (κ1) is 26.3. The maximum Gasteiger partial charge on any atom is 0.355 e. The minimum atomic E-state index is -0.739. The second-order valence-corrected chi connectivity index (χ2v) is 8.66. The fraction of sp³-hybridized carbons (Fsp3) is 0.360. The molecule has 0 fully saturated rings. The molecule has 36 heavy (non-hydrogen) atoms. The van der Waals surface area contributed by atoms with Crippen molar-refractivity contribution >= 4 is 11.9 Å². The number of hydrogen-bond donors (Lipinski definition) is 5. The van der Waals surface area contributed by atoms with E-state index in [1.54, 1.807) is 0 Å². The smallest absolute Gasteiger partial charge is 0.355 e. The van der Waals surface area contributed by atoms with E-state index < -0.39 is 11.4 Å². The molecule has 0 amide bonds. The van der Waals surface area contributed by atoms with Crippen LogP contribution in [0.3, 0.4) is 0 Å². The predicted octanol–water partition coefficient (Wildman–Crippen LogP) is 1.20. The van der Waals surface area contributed by atoms with Crippen molar-refractivity contribution in [3.8, 4) is 11.5 Å². The van der Waals surface area contributed by atoms with E-state index in [0.29, 0.717) is 24.6 Å². The van der Waals surface area contributed by atoms with Gasteiger partial charge in [0.2, 0.25) is 5.95 Å². The van der Waals surface area contributed by atoms with Crippen LogP contribution in [0.4, 0.5) is 5.95 Å². The van der Waals surface area contributed by atoms with Gasteiger partial charge in [-0.25, -0.2) is 14.2 Å². The Kier molecular flexibility index (Phi) is 8.71. The van der Waals surface area contributed by atoms with Crippen LogP contribution < -0.4 is 27.7 Å². The number of aryl methyl sites for hydroxylation is 1. The largest absolute Gasteiger partial charge is 0.504 e. The highest BCUT2D eigenvalue weighted by Crippen LogP contribution is 2.24. The molecule has 11 heteroatoms. The van der Waals surface area contributed by atoms with Crippen LogP contribution in [0, 0.1) is 0 Å². The van der Waals surface area contributed by atoms with Crippen LogP contribution in [0.1, 0.15) is 37.5 Å². The number of guanidine groups is 1. The van der Waals surface area contributed by atoms with Gasteiger partial charge in [-0.15, -0.1) is 0 Å². The van der Waals surface area contributed by atoms with Crippen LogP contribution in [0.15, 0.2) is 57.0 Å². The van der Waals surface area contributed by atoms with E-state index in [4.69, 9.17) is 5.73 Å². The standard InChI is InChI=1S/C25H33N7O4/c1-4-17-5-7-18(8-6-17)14-31-23(28-12-11-27-22(26)29-16(2)3)30-24(35)32(25(31)36)15-19-9-10-20(33)21(34)13-19/h5-10,13,16,33-34H,4,11-12,14-15H2,1-3H3,(H3,26,27,29)(H,28,30,35). The molecule has 0 bridgehead atoms. The van der Waals surface area contributed by atoms with E-state index in [0.717, 1.165) is 16.6 Å². The summed E-state index contributed by atoms with van der Waals surface area (Å²) in [6.07, 6.45) is 0.897. The highest BCUT2D eigenvalue weighted by Gasteiger charge is 2.15. The molecule has 3 aromatic rings. The number of nitrogens with zero attached hydrogens (tertiary/aromatic N) is 4. The summed E-state index contributed by atoms with van der Waals surface area (Å²) in [4.78, 5) is 34.6. The number of aliphatic imine (C=N–C) groups is 1. The first-order chi connectivity index (χ1) is 17.2. The number of anilines is 1. The summed E-state index contributed by atoms with van der Waals surface area (Å²) in [7, 11) is 0. The van der Waals surface area contributed by atoms with Gasteiger partial charge in [-0.05, 0) is 49.1 Å². The van der Waals surface area contributed by atoms with Crippen LogP contribution in [0.25, 0.3) is 0 Å². The molecule has 6 N–H and O–H groups in total. The zero-order valence-electron chi connectivity index (χ0n) is 20.7. The molecule has 1 aromatic heterocycles. The van der Waals surface area contributed by atoms with Gasteiger partial charge in [-0.2, -0.15) is 4.98 Å². The highest BCUT2D eigenvalue weighted by atomic mass is 16.3. The molecule has 0 aliphatic heterocycles. The molecular formula is C25H33N7O4. The van der Waals surface area contributed by atoms with Crippen molar-refractivity contribution in [2.45, 2.75) is 46.3 Å². The molecule has 0 saturated carbocycles. The monoisotopic (exact) mass is 495 g/mol. The Balaban J connectivity index is 1.92. The van der Waals surface area contributed by atoms with E-state index in [1.165, 1.54) is 28.3 Å². The molecule has 3 rings (SSSR count). The molecule has 0 aliphatic carbocycles. The zero-order valence-corrected chi connectivity index (χ0v) is 20.7. The van der Waals surface area contributed by atoms with Crippen LogP contribution in [0.5, 0.6) is 11.5 Å². The SMILES string of the molecule is CCc1ccc(Cn2c(NCCN=C(N)NC(C)C)nc(=O)n(Cc3ccc(O)c(O)c3)c2=O)cc1. The average Bonchev–Trinajstić information content (AvgIpc) is 2.84. The van der Waals surface area contributed by atoms with Crippen molar-refractivity contribution < 1.29 is 10.2 Å². The third kappa shape index (κ3) is 6.87. The van der Waals surface area contributed by atoms with Gasteiger partial charge in [-0.1, -0.05) is 37.3 Å². The second kappa shape index (κ2) is 11.9. The van der Waals surface area contributed by atoms with Crippen molar-refractivity contribution in [3.05, 3.63) is 80.1 Å². The quantitative estimate of drug-likeness (QED) is 0.121. The van der Waals surface area contributed by atoms with E-state index in [1.807, 2.05) is 38.1 Å². The Hall–Kier alpha value is -4.28. The predicted molar refractivity (Wildman–Crippen MR) is 140 cm³/mol. The average molecular weight is 496 g/mol. The molecule has 1 heterocycles. The summed E-state index contributed by atoms with van der Waals surface area (Å²) in [6, 6.07) is 12.1. The Labute approximate surface area is 209 Å². The minimum absolute atomic E-state index is 0.116.